The van der Waals surface area contributed by atoms with Crippen molar-refractivity contribution in [2.45, 2.75) is 37.8 Å². The highest BCUT2D eigenvalue weighted by Crippen LogP contribution is 2.17. The summed E-state index contributed by atoms with van der Waals surface area (Å²) in [6, 6.07) is -0.0113. The summed E-state index contributed by atoms with van der Waals surface area (Å²) >= 11 is 0. The Hall–Kier alpha value is -0.770. The number of amides is 2. The molecule has 0 aromatic carbocycles. The summed E-state index contributed by atoms with van der Waals surface area (Å²) in [7, 11) is 1.59. The first-order chi connectivity index (χ1) is 5.72. The number of carbonyl (C=O) groups excluding carboxylic acids is 1. The summed E-state index contributed by atoms with van der Waals surface area (Å²) in [4.78, 5) is 10.9. The lowest BCUT2D eigenvalue weighted by Crippen LogP contribution is -2.43. The molecule has 4 heteroatoms. The zero-order valence-corrected chi connectivity index (χ0v) is 7.34. The molecule has 1 aliphatic rings. The van der Waals surface area contributed by atoms with Crippen LogP contribution in [0.2, 0.25) is 0 Å². The molecular weight excluding hydrogens is 156 g/mol. The van der Waals surface area contributed by atoms with Crippen molar-refractivity contribution in [1.82, 2.24) is 10.6 Å². The first-order valence-corrected chi connectivity index (χ1v) is 4.38. The summed E-state index contributed by atoms with van der Waals surface area (Å²) in [6.45, 7) is 0. The van der Waals surface area contributed by atoms with Crippen LogP contribution in [0.1, 0.15) is 25.7 Å². The van der Waals surface area contributed by atoms with Crippen LogP contribution in [0.4, 0.5) is 4.79 Å². The van der Waals surface area contributed by atoms with Gasteiger partial charge in [-0.1, -0.05) is 0 Å². The lowest BCUT2D eigenvalue weighted by Gasteiger charge is -2.26. The third-order valence-electron chi connectivity index (χ3n) is 2.21. The first kappa shape index (κ1) is 9.32. The third kappa shape index (κ3) is 2.70. The van der Waals surface area contributed by atoms with Gasteiger partial charge in [-0.2, -0.15) is 0 Å². The van der Waals surface area contributed by atoms with Crippen molar-refractivity contribution in [2.75, 3.05) is 7.05 Å². The topological polar surface area (TPSA) is 61.4 Å². The third-order valence-corrected chi connectivity index (χ3v) is 2.21. The smallest absolute Gasteiger partial charge is 0.314 e. The van der Waals surface area contributed by atoms with Crippen LogP contribution in [-0.2, 0) is 0 Å². The molecule has 0 saturated heterocycles. The van der Waals surface area contributed by atoms with Crippen molar-refractivity contribution < 1.29 is 9.90 Å². The van der Waals surface area contributed by atoms with Gasteiger partial charge in [0.2, 0.25) is 0 Å². The Bertz CT molecular complexity index is 161. The minimum Gasteiger partial charge on any atom is -0.393 e. The van der Waals surface area contributed by atoms with E-state index < -0.39 is 0 Å². The van der Waals surface area contributed by atoms with Gasteiger partial charge in [0.25, 0.3) is 0 Å². The molecule has 1 fully saturated rings. The van der Waals surface area contributed by atoms with Crippen LogP contribution in [0.15, 0.2) is 0 Å². The number of aliphatic hydroxyl groups excluding tert-OH is 1. The van der Waals surface area contributed by atoms with Crippen molar-refractivity contribution in [1.29, 1.82) is 0 Å². The maximum Gasteiger partial charge on any atom is 0.314 e. The number of hydrogen-bond donors (Lipinski definition) is 3. The minimum atomic E-state index is -0.235. The molecule has 0 aromatic heterocycles. The molecule has 4 nitrogen and oxygen atoms in total. The molecule has 0 aromatic rings. The summed E-state index contributed by atoms with van der Waals surface area (Å²) in [6.07, 6.45) is 3.29. The summed E-state index contributed by atoms with van der Waals surface area (Å²) in [5, 5.41) is 14.6. The number of urea groups is 1. The van der Waals surface area contributed by atoms with Crippen molar-refractivity contribution in [3.05, 3.63) is 0 Å². The van der Waals surface area contributed by atoms with Gasteiger partial charge in [-0.25, -0.2) is 4.79 Å². The molecule has 0 heterocycles. The van der Waals surface area contributed by atoms with E-state index in [1.807, 2.05) is 0 Å². The number of carbonyl (C=O) groups is 1. The first-order valence-electron chi connectivity index (χ1n) is 4.38. The van der Waals surface area contributed by atoms with E-state index in [1.54, 1.807) is 7.05 Å². The summed E-state index contributed by atoms with van der Waals surface area (Å²) in [5.74, 6) is 0. The molecule has 70 valence electrons. The van der Waals surface area contributed by atoms with Crippen LogP contribution in [-0.4, -0.2) is 30.3 Å². The molecule has 1 aliphatic carbocycles. The van der Waals surface area contributed by atoms with Crippen molar-refractivity contribution in [3.8, 4) is 0 Å². The van der Waals surface area contributed by atoms with E-state index in [2.05, 4.69) is 10.6 Å². The number of nitrogens with one attached hydrogen (secondary N) is 2. The Labute approximate surface area is 72.3 Å². The highest BCUT2D eigenvalue weighted by Gasteiger charge is 2.20. The summed E-state index contributed by atoms with van der Waals surface area (Å²) in [5.41, 5.74) is 0. The van der Waals surface area contributed by atoms with Gasteiger partial charge in [-0.3, -0.25) is 0 Å². The van der Waals surface area contributed by atoms with Crippen LogP contribution in [0.3, 0.4) is 0 Å². The van der Waals surface area contributed by atoms with E-state index in [9.17, 15) is 9.90 Å². The Balaban J connectivity index is 2.27. The SMILES string of the molecule is CNC(=O)NC1CCCC(O)C1. The Morgan fingerprint density at radius 1 is 1.50 bits per heavy atom. The Kier molecular flexibility index (Phi) is 3.34. The van der Waals surface area contributed by atoms with Crippen LogP contribution in [0.25, 0.3) is 0 Å². The van der Waals surface area contributed by atoms with Crippen molar-refractivity contribution >= 4 is 6.03 Å². The second-order valence-corrected chi connectivity index (χ2v) is 3.24. The summed E-state index contributed by atoms with van der Waals surface area (Å²) < 4.78 is 0. The second-order valence-electron chi connectivity index (χ2n) is 3.24. The second kappa shape index (κ2) is 4.30. The molecular formula is C8H16N2O2. The van der Waals surface area contributed by atoms with Crippen LogP contribution in [0, 0.1) is 0 Å². The molecule has 2 unspecified atom stereocenters. The molecule has 0 radical (unpaired) electrons. The average molecular weight is 172 g/mol. The molecule has 2 atom stereocenters. The molecule has 1 rings (SSSR count). The molecule has 12 heavy (non-hydrogen) atoms. The normalized spacial score (nSPS) is 29.5. The average Bonchev–Trinajstić information content (AvgIpc) is 2.04. The molecule has 0 spiro atoms. The number of aliphatic hydroxyl groups is 1. The number of rotatable bonds is 1. The predicted octanol–water partition coefficient (Wildman–Crippen LogP) is 0.219. The molecule has 3 N–H and O–H groups in total. The zero-order chi connectivity index (χ0) is 8.97. The van der Waals surface area contributed by atoms with Gasteiger partial charge < -0.3 is 15.7 Å². The van der Waals surface area contributed by atoms with Gasteiger partial charge in [0, 0.05) is 13.1 Å². The van der Waals surface area contributed by atoms with Gasteiger partial charge >= 0.3 is 6.03 Å². The number of hydrogen-bond acceptors (Lipinski definition) is 2. The van der Waals surface area contributed by atoms with E-state index in [0.717, 1.165) is 19.3 Å². The van der Waals surface area contributed by atoms with E-state index in [4.69, 9.17) is 0 Å². The Morgan fingerprint density at radius 3 is 2.83 bits per heavy atom. The minimum absolute atomic E-state index is 0.147. The van der Waals surface area contributed by atoms with Gasteiger partial charge in [-0.15, -0.1) is 0 Å². The van der Waals surface area contributed by atoms with Crippen LogP contribution < -0.4 is 10.6 Å². The van der Waals surface area contributed by atoms with Gasteiger partial charge in [-0.05, 0) is 25.7 Å². The van der Waals surface area contributed by atoms with Crippen LogP contribution in [0.5, 0.6) is 0 Å². The zero-order valence-electron chi connectivity index (χ0n) is 7.34. The lowest BCUT2D eigenvalue weighted by molar-refractivity contribution is 0.114. The maximum absolute atomic E-state index is 10.9. The van der Waals surface area contributed by atoms with Gasteiger partial charge in [0.05, 0.1) is 6.10 Å². The van der Waals surface area contributed by atoms with E-state index >= 15 is 0 Å². The molecule has 1 saturated carbocycles. The molecule has 0 bridgehead atoms. The highest BCUT2D eigenvalue weighted by atomic mass is 16.3. The predicted molar refractivity (Wildman–Crippen MR) is 45.9 cm³/mol. The van der Waals surface area contributed by atoms with Gasteiger partial charge in [0.1, 0.15) is 0 Å². The van der Waals surface area contributed by atoms with Crippen molar-refractivity contribution in [2.24, 2.45) is 0 Å². The van der Waals surface area contributed by atoms with Crippen LogP contribution >= 0.6 is 0 Å². The monoisotopic (exact) mass is 172 g/mol. The molecule has 0 aliphatic heterocycles. The van der Waals surface area contributed by atoms with Crippen molar-refractivity contribution in [3.63, 3.8) is 0 Å². The van der Waals surface area contributed by atoms with E-state index in [-0.39, 0.29) is 18.2 Å². The fourth-order valence-electron chi connectivity index (χ4n) is 1.55. The molecule has 2 amide bonds. The van der Waals surface area contributed by atoms with E-state index in [0.29, 0.717) is 6.42 Å². The standard InChI is InChI=1S/C8H16N2O2/c1-9-8(12)10-6-3-2-4-7(11)5-6/h6-7,11H,2-5H2,1H3,(H2,9,10,12). The lowest BCUT2D eigenvalue weighted by atomic mass is 9.93. The quantitative estimate of drug-likeness (QED) is 0.530. The fourth-order valence-corrected chi connectivity index (χ4v) is 1.55. The largest absolute Gasteiger partial charge is 0.393 e. The fraction of sp³-hybridized carbons (Fsp3) is 0.875. The highest BCUT2D eigenvalue weighted by molar-refractivity contribution is 5.73. The Morgan fingerprint density at radius 2 is 2.25 bits per heavy atom. The maximum atomic E-state index is 10.9. The van der Waals surface area contributed by atoms with Gasteiger partial charge in [0.15, 0.2) is 0 Å². The van der Waals surface area contributed by atoms with E-state index in [1.165, 1.54) is 0 Å².